The lowest BCUT2D eigenvalue weighted by molar-refractivity contribution is -0.152. The number of rotatable bonds is 4. The molecule has 0 aliphatic heterocycles. The highest BCUT2D eigenvalue weighted by molar-refractivity contribution is 5.85. The molecule has 4 heteroatoms. The Kier molecular flexibility index (Phi) is 4.05. The second-order valence-electron chi connectivity index (χ2n) is 3.34. The quantitative estimate of drug-likeness (QED) is 0.730. The number of Topliss-reactive ketones (excluding diaryl/α,β-unsaturated/α-hetero) is 1. The summed E-state index contributed by atoms with van der Waals surface area (Å²) >= 11 is 0. The van der Waals surface area contributed by atoms with E-state index in [2.05, 4.69) is 0 Å². The van der Waals surface area contributed by atoms with Gasteiger partial charge in [0.2, 0.25) is 0 Å². The van der Waals surface area contributed by atoms with Crippen LogP contribution in [-0.4, -0.2) is 18.9 Å². The van der Waals surface area contributed by atoms with Gasteiger partial charge in [0.1, 0.15) is 5.75 Å². The van der Waals surface area contributed by atoms with Crippen molar-refractivity contribution < 1.29 is 19.1 Å². The summed E-state index contributed by atoms with van der Waals surface area (Å²) in [6.07, 6.45) is -0.895. The summed E-state index contributed by atoms with van der Waals surface area (Å²) in [5.74, 6) is -0.199. The Bertz CT molecular complexity index is 398. The molecule has 16 heavy (non-hydrogen) atoms. The predicted octanol–water partition coefficient (Wildman–Crippen LogP) is 1.89. The number of para-hydroxylation sites is 1. The van der Waals surface area contributed by atoms with E-state index in [0.29, 0.717) is 11.3 Å². The highest BCUT2D eigenvalue weighted by Gasteiger charge is 2.23. The van der Waals surface area contributed by atoms with Gasteiger partial charge in [-0.25, -0.2) is 0 Å². The second-order valence-corrected chi connectivity index (χ2v) is 3.34. The number of esters is 1. The van der Waals surface area contributed by atoms with E-state index >= 15 is 0 Å². The Morgan fingerprint density at radius 1 is 1.19 bits per heavy atom. The van der Waals surface area contributed by atoms with Gasteiger partial charge in [0, 0.05) is 12.5 Å². The number of ketones is 1. The minimum Gasteiger partial charge on any atom is -0.496 e. The molecule has 0 bridgehead atoms. The smallest absolute Gasteiger partial charge is 0.303 e. The van der Waals surface area contributed by atoms with E-state index in [1.165, 1.54) is 21.0 Å². The maximum absolute atomic E-state index is 11.4. The Hall–Kier alpha value is -1.84. The van der Waals surface area contributed by atoms with Gasteiger partial charge in [0.05, 0.1) is 7.11 Å². The van der Waals surface area contributed by atoms with Gasteiger partial charge >= 0.3 is 5.97 Å². The van der Waals surface area contributed by atoms with E-state index in [9.17, 15) is 9.59 Å². The average Bonchev–Trinajstić information content (AvgIpc) is 2.25. The van der Waals surface area contributed by atoms with Crippen molar-refractivity contribution in [3.8, 4) is 5.75 Å². The van der Waals surface area contributed by atoms with Gasteiger partial charge in [-0.05, 0) is 13.0 Å². The molecule has 0 spiro atoms. The first-order chi connectivity index (χ1) is 7.56. The molecule has 1 aromatic rings. The van der Waals surface area contributed by atoms with Crippen molar-refractivity contribution in [1.82, 2.24) is 0 Å². The summed E-state index contributed by atoms with van der Waals surface area (Å²) < 4.78 is 10.1. The number of methoxy groups -OCH3 is 1. The van der Waals surface area contributed by atoms with Crippen molar-refractivity contribution in [2.75, 3.05) is 7.11 Å². The molecular formula is C12H14O4. The summed E-state index contributed by atoms with van der Waals surface area (Å²) in [5, 5.41) is 0. The number of ether oxygens (including phenoxy) is 2. The molecule has 0 N–H and O–H groups in total. The van der Waals surface area contributed by atoms with Crippen LogP contribution in [0.25, 0.3) is 0 Å². The molecule has 0 aliphatic rings. The van der Waals surface area contributed by atoms with Crippen molar-refractivity contribution in [3.63, 3.8) is 0 Å². The lowest BCUT2D eigenvalue weighted by Gasteiger charge is -2.16. The first-order valence-corrected chi connectivity index (χ1v) is 4.87. The first-order valence-electron chi connectivity index (χ1n) is 4.87. The number of hydrogen-bond donors (Lipinski definition) is 0. The maximum atomic E-state index is 11.4. The van der Waals surface area contributed by atoms with E-state index in [1.807, 2.05) is 0 Å². The molecule has 0 fully saturated rings. The van der Waals surface area contributed by atoms with Crippen LogP contribution < -0.4 is 4.74 Å². The summed E-state index contributed by atoms with van der Waals surface area (Å²) in [7, 11) is 1.50. The largest absolute Gasteiger partial charge is 0.496 e. The van der Waals surface area contributed by atoms with Crippen LogP contribution in [0, 0.1) is 0 Å². The van der Waals surface area contributed by atoms with E-state index in [1.54, 1.807) is 24.3 Å². The Morgan fingerprint density at radius 3 is 2.31 bits per heavy atom. The lowest BCUT2D eigenvalue weighted by atomic mass is 10.1. The van der Waals surface area contributed by atoms with Crippen LogP contribution in [0.1, 0.15) is 25.5 Å². The van der Waals surface area contributed by atoms with E-state index in [0.717, 1.165) is 0 Å². The molecule has 0 heterocycles. The minimum atomic E-state index is -0.895. The topological polar surface area (TPSA) is 52.6 Å². The first kappa shape index (κ1) is 12.2. The molecule has 0 radical (unpaired) electrons. The molecule has 1 aromatic carbocycles. The van der Waals surface area contributed by atoms with Gasteiger partial charge in [-0.1, -0.05) is 18.2 Å². The molecule has 0 aromatic heterocycles. The zero-order valence-corrected chi connectivity index (χ0v) is 9.52. The highest BCUT2D eigenvalue weighted by atomic mass is 16.5. The van der Waals surface area contributed by atoms with Gasteiger partial charge in [-0.2, -0.15) is 0 Å². The van der Waals surface area contributed by atoms with Gasteiger partial charge in [-0.3, -0.25) is 9.59 Å². The number of carbonyl (C=O) groups excluding carboxylic acids is 2. The van der Waals surface area contributed by atoms with Gasteiger partial charge in [-0.15, -0.1) is 0 Å². The fraction of sp³-hybridized carbons (Fsp3) is 0.333. The zero-order valence-electron chi connectivity index (χ0n) is 9.52. The van der Waals surface area contributed by atoms with Crippen LogP contribution in [0.2, 0.25) is 0 Å². The second kappa shape index (κ2) is 5.30. The lowest BCUT2D eigenvalue weighted by Crippen LogP contribution is -2.16. The molecule has 4 nitrogen and oxygen atoms in total. The van der Waals surface area contributed by atoms with Crippen LogP contribution in [0.5, 0.6) is 5.75 Å². The van der Waals surface area contributed by atoms with E-state index in [-0.39, 0.29) is 5.78 Å². The van der Waals surface area contributed by atoms with Crippen molar-refractivity contribution in [3.05, 3.63) is 29.8 Å². The summed E-state index contributed by atoms with van der Waals surface area (Å²) in [5.41, 5.74) is 0.563. The van der Waals surface area contributed by atoms with Crippen LogP contribution in [-0.2, 0) is 14.3 Å². The molecule has 1 unspecified atom stereocenters. The third kappa shape index (κ3) is 2.82. The molecule has 0 saturated carbocycles. The van der Waals surface area contributed by atoms with Crippen LogP contribution >= 0.6 is 0 Å². The van der Waals surface area contributed by atoms with Crippen LogP contribution in [0.4, 0.5) is 0 Å². The molecule has 1 rings (SSSR count). The SMILES string of the molecule is COc1ccccc1C(OC(C)=O)C(C)=O. The third-order valence-corrected chi connectivity index (χ3v) is 2.07. The third-order valence-electron chi connectivity index (χ3n) is 2.07. The van der Waals surface area contributed by atoms with Crippen molar-refractivity contribution >= 4 is 11.8 Å². The molecule has 86 valence electrons. The number of hydrogen-bond acceptors (Lipinski definition) is 4. The Morgan fingerprint density at radius 2 is 1.81 bits per heavy atom. The number of benzene rings is 1. The van der Waals surface area contributed by atoms with Crippen molar-refractivity contribution in [1.29, 1.82) is 0 Å². The predicted molar refractivity (Wildman–Crippen MR) is 58.2 cm³/mol. The van der Waals surface area contributed by atoms with Crippen molar-refractivity contribution in [2.45, 2.75) is 20.0 Å². The maximum Gasteiger partial charge on any atom is 0.303 e. The fourth-order valence-corrected chi connectivity index (χ4v) is 1.41. The Balaban J connectivity index is 3.10. The minimum absolute atomic E-state index is 0.236. The standard InChI is InChI=1S/C12H14O4/c1-8(13)12(16-9(2)14)10-6-4-5-7-11(10)15-3/h4-7,12H,1-3H3. The van der Waals surface area contributed by atoms with E-state index in [4.69, 9.17) is 9.47 Å². The summed E-state index contributed by atoms with van der Waals surface area (Å²) in [6, 6.07) is 6.97. The Labute approximate surface area is 94.2 Å². The average molecular weight is 222 g/mol. The molecule has 1 atom stereocenters. The number of carbonyl (C=O) groups is 2. The molecule has 0 saturated heterocycles. The summed E-state index contributed by atoms with van der Waals surface area (Å²) in [6.45, 7) is 2.64. The van der Waals surface area contributed by atoms with E-state index < -0.39 is 12.1 Å². The molecular weight excluding hydrogens is 208 g/mol. The van der Waals surface area contributed by atoms with Crippen LogP contribution in [0.15, 0.2) is 24.3 Å². The van der Waals surface area contributed by atoms with Gasteiger partial charge < -0.3 is 9.47 Å². The normalized spacial score (nSPS) is 11.7. The zero-order chi connectivity index (χ0) is 12.1. The van der Waals surface area contributed by atoms with Gasteiger partial charge in [0.25, 0.3) is 0 Å². The molecule has 0 aliphatic carbocycles. The van der Waals surface area contributed by atoms with Crippen LogP contribution in [0.3, 0.4) is 0 Å². The summed E-state index contributed by atoms with van der Waals surface area (Å²) in [4.78, 5) is 22.3. The van der Waals surface area contributed by atoms with Crippen molar-refractivity contribution in [2.24, 2.45) is 0 Å². The van der Waals surface area contributed by atoms with Gasteiger partial charge in [0.15, 0.2) is 11.9 Å². The highest BCUT2D eigenvalue weighted by Crippen LogP contribution is 2.28. The molecule has 0 amide bonds. The fourth-order valence-electron chi connectivity index (χ4n) is 1.41. The monoisotopic (exact) mass is 222 g/mol.